The van der Waals surface area contributed by atoms with Crippen LogP contribution in [0.25, 0.3) is 0 Å². The maximum absolute atomic E-state index is 12.2. The van der Waals surface area contributed by atoms with E-state index in [1.807, 2.05) is 0 Å². The van der Waals surface area contributed by atoms with E-state index in [2.05, 4.69) is 15.3 Å². The molecule has 0 unspecified atom stereocenters. The van der Waals surface area contributed by atoms with E-state index >= 15 is 0 Å². The number of nitrogens with zero attached hydrogens (tertiary/aromatic N) is 1. The Bertz CT molecular complexity index is 542. The molecule has 6 nitrogen and oxygen atoms in total. The molecule has 122 valence electrons. The van der Waals surface area contributed by atoms with E-state index in [4.69, 9.17) is 9.47 Å². The van der Waals surface area contributed by atoms with E-state index in [9.17, 15) is 13.6 Å². The van der Waals surface area contributed by atoms with Crippen LogP contribution < -0.4 is 14.9 Å². The Kier molecular flexibility index (Phi) is 6.09. The Morgan fingerprint density at radius 1 is 1.32 bits per heavy atom. The Labute approximate surface area is 127 Å². The molecule has 0 heterocycles. The van der Waals surface area contributed by atoms with Crippen LogP contribution in [0.15, 0.2) is 23.3 Å². The van der Waals surface area contributed by atoms with Crippen LogP contribution in [0.5, 0.6) is 11.5 Å². The third kappa shape index (κ3) is 6.38. The zero-order valence-electron chi connectivity index (χ0n) is 12.7. The first-order valence-electron chi connectivity index (χ1n) is 6.36. The smallest absolute Gasteiger partial charge is 0.428 e. The lowest BCUT2D eigenvalue weighted by atomic mass is 10.2. The van der Waals surface area contributed by atoms with Gasteiger partial charge >= 0.3 is 12.7 Å². The largest absolute Gasteiger partial charge is 0.493 e. The summed E-state index contributed by atoms with van der Waals surface area (Å²) in [6, 6.07) is 4.25. The molecule has 0 saturated carbocycles. The van der Waals surface area contributed by atoms with Crippen LogP contribution in [0.1, 0.15) is 26.3 Å². The Balaban J connectivity index is 2.70. The van der Waals surface area contributed by atoms with Gasteiger partial charge in [0, 0.05) is 0 Å². The van der Waals surface area contributed by atoms with Gasteiger partial charge in [0.2, 0.25) is 0 Å². The highest BCUT2D eigenvalue weighted by molar-refractivity contribution is 5.82. The summed E-state index contributed by atoms with van der Waals surface area (Å²) in [6.07, 6.45) is 0.617. The summed E-state index contributed by atoms with van der Waals surface area (Å²) >= 11 is 0. The number of benzene rings is 1. The van der Waals surface area contributed by atoms with Gasteiger partial charge in [-0.2, -0.15) is 13.9 Å². The lowest BCUT2D eigenvalue weighted by Crippen LogP contribution is -2.29. The van der Waals surface area contributed by atoms with Crippen LogP contribution in [-0.4, -0.2) is 31.6 Å². The number of hydrogen-bond donors (Lipinski definition) is 1. The number of hydrazone groups is 1. The van der Waals surface area contributed by atoms with E-state index in [-0.39, 0.29) is 11.5 Å². The molecule has 1 rings (SSSR count). The van der Waals surface area contributed by atoms with Crippen LogP contribution in [0.2, 0.25) is 0 Å². The second-order valence-corrected chi connectivity index (χ2v) is 5.16. The second-order valence-electron chi connectivity index (χ2n) is 5.16. The number of methoxy groups -OCH3 is 1. The number of ether oxygens (including phenoxy) is 3. The predicted molar refractivity (Wildman–Crippen MR) is 76.6 cm³/mol. The van der Waals surface area contributed by atoms with E-state index in [1.54, 1.807) is 20.8 Å². The van der Waals surface area contributed by atoms with Crippen molar-refractivity contribution in [1.82, 2.24) is 5.43 Å². The van der Waals surface area contributed by atoms with Crippen LogP contribution in [-0.2, 0) is 4.74 Å². The minimum absolute atomic E-state index is 0.0882. The third-order valence-electron chi connectivity index (χ3n) is 2.17. The van der Waals surface area contributed by atoms with Gasteiger partial charge in [0.25, 0.3) is 0 Å². The highest BCUT2D eigenvalue weighted by Gasteiger charge is 2.15. The molecule has 0 aromatic heterocycles. The predicted octanol–water partition coefficient (Wildman–Crippen LogP) is 3.16. The number of halogens is 2. The monoisotopic (exact) mass is 316 g/mol. The average Bonchev–Trinajstić information content (AvgIpc) is 2.37. The van der Waals surface area contributed by atoms with Crippen molar-refractivity contribution >= 4 is 12.3 Å². The zero-order chi connectivity index (χ0) is 16.8. The molecular weight excluding hydrogens is 298 g/mol. The molecule has 0 radical (unpaired) electrons. The minimum Gasteiger partial charge on any atom is -0.493 e. The topological polar surface area (TPSA) is 69.2 Å². The quantitative estimate of drug-likeness (QED) is 0.669. The number of carbonyl (C=O) groups excluding carboxylic acids is 1. The molecular formula is C14H18F2N2O4. The van der Waals surface area contributed by atoms with Crippen LogP contribution in [0.4, 0.5) is 13.6 Å². The Morgan fingerprint density at radius 3 is 2.55 bits per heavy atom. The fourth-order valence-corrected chi connectivity index (χ4v) is 1.42. The number of amides is 1. The van der Waals surface area contributed by atoms with Crippen molar-refractivity contribution in [3.8, 4) is 11.5 Å². The number of hydrogen-bond acceptors (Lipinski definition) is 5. The van der Waals surface area contributed by atoms with E-state index in [1.165, 1.54) is 31.5 Å². The Hall–Kier alpha value is -2.38. The van der Waals surface area contributed by atoms with E-state index in [0.717, 1.165) is 0 Å². The molecule has 0 aliphatic carbocycles. The van der Waals surface area contributed by atoms with Crippen LogP contribution in [0, 0.1) is 0 Å². The highest BCUT2D eigenvalue weighted by atomic mass is 19.3. The summed E-state index contributed by atoms with van der Waals surface area (Å²) in [5, 5.41) is 3.70. The molecule has 0 bridgehead atoms. The fourth-order valence-electron chi connectivity index (χ4n) is 1.42. The van der Waals surface area contributed by atoms with Gasteiger partial charge in [-0.25, -0.2) is 10.2 Å². The summed E-state index contributed by atoms with van der Waals surface area (Å²) in [4.78, 5) is 11.4. The molecule has 1 aromatic rings. The van der Waals surface area contributed by atoms with Gasteiger partial charge in [-0.05, 0) is 44.5 Å². The van der Waals surface area contributed by atoms with Crippen molar-refractivity contribution in [2.24, 2.45) is 5.10 Å². The van der Waals surface area contributed by atoms with Crippen molar-refractivity contribution in [2.75, 3.05) is 7.11 Å². The molecule has 1 aromatic carbocycles. The maximum atomic E-state index is 12.2. The number of rotatable bonds is 5. The van der Waals surface area contributed by atoms with Gasteiger partial charge in [-0.1, -0.05) is 0 Å². The van der Waals surface area contributed by atoms with Crippen molar-refractivity contribution < 1.29 is 27.8 Å². The third-order valence-corrected chi connectivity index (χ3v) is 2.17. The molecule has 0 atom stereocenters. The minimum atomic E-state index is -2.94. The van der Waals surface area contributed by atoms with Crippen LogP contribution >= 0.6 is 0 Å². The second kappa shape index (κ2) is 7.58. The molecule has 1 amide bonds. The van der Waals surface area contributed by atoms with Crippen molar-refractivity contribution in [1.29, 1.82) is 0 Å². The summed E-state index contributed by atoms with van der Waals surface area (Å²) < 4.78 is 38.6. The molecule has 22 heavy (non-hydrogen) atoms. The molecule has 0 spiro atoms. The number of nitrogens with one attached hydrogen (secondary N) is 1. The average molecular weight is 316 g/mol. The normalized spacial score (nSPS) is 11.6. The highest BCUT2D eigenvalue weighted by Crippen LogP contribution is 2.28. The first kappa shape index (κ1) is 17.7. The van der Waals surface area contributed by atoms with E-state index in [0.29, 0.717) is 5.56 Å². The van der Waals surface area contributed by atoms with Crippen molar-refractivity contribution in [3.05, 3.63) is 23.8 Å². The van der Waals surface area contributed by atoms with Crippen LogP contribution in [0.3, 0.4) is 0 Å². The number of carbonyl (C=O) groups is 1. The lowest BCUT2D eigenvalue weighted by molar-refractivity contribution is -0.0512. The molecule has 8 heteroatoms. The SMILES string of the molecule is COc1cc(/C=N\NC(=O)OC(C)(C)C)ccc1OC(F)F. The lowest BCUT2D eigenvalue weighted by Gasteiger charge is -2.18. The van der Waals surface area contributed by atoms with Gasteiger partial charge < -0.3 is 14.2 Å². The van der Waals surface area contributed by atoms with Gasteiger partial charge in [0.1, 0.15) is 5.60 Å². The molecule has 0 aliphatic heterocycles. The number of alkyl halides is 2. The van der Waals surface area contributed by atoms with Gasteiger partial charge in [0.15, 0.2) is 11.5 Å². The first-order valence-corrected chi connectivity index (χ1v) is 6.36. The standard InChI is InChI=1S/C14H18F2N2O4/c1-14(2,3)22-13(19)18-17-8-9-5-6-10(21-12(15)16)11(7-9)20-4/h5-8,12H,1-4H3,(H,18,19)/b17-8-. The summed E-state index contributed by atoms with van der Waals surface area (Å²) in [6.45, 7) is 2.23. The summed E-state index contributed by atoms with van der Waals surface area (Å²) in [7, 11) is 1.33. The van der Waals surface area contributed by atoms with Crippen molar-refractivity contribution in [3.63, 3.8) is 0 Å². The van der Waals surface area contributed by atoms with Gasteiger partial charge in [-0.3, -0.25) is 0 Å². The molecule has 0 aliphatic rings. The molecule has 0 fully saturated rings. The Morgan fingerprint density at radius 2 is 2.00 bits per heavy atom. The zero-order valence-corrected chi connectivity index (χ0v) is 12.7. The summed E-state index contributed by atoms with van der Waals surface area (Å²) in [5.74, 6) is 0.0382. The molecule has 0 saturated heterocycles. The summed E-state index contributed by atoms with van der Waals surface area (Å²) in [5.41, 5.74) is 2.08. The van der Waals surface area contributed by atoms with Crippen molar-refractivity contribution in [2.45, 2.75) is 33.0 Å². The molecule has 1 N–H and O–H groups in total. The van der Waals surface area contributed by atoms with Gasteiger partial charge in [-0.15, -0.1) is 0 Å². The maximum Gasteiger partial charge on any atom is 0.428 e. The van der Waals surface area contributed by atoms with Gasteiger partial charge in [0.05, 0.1) is 13.3 Å². The first-order chi connectivity index (χ1) is 10.2. The fraction of sp³-hybridized carbons (Fsp3) is 0.429. The van der Waals surface area contributed by atoms with E-state index < -0.39 is 18.3 Å².